The van der Waals surface area contributed by atoms with Gasteiger partial charge in [-0.05, 0) is 125 Å². The van der Waals surface area contributed by atoms with Crippen molar-refractivity contribution in [3.8, 4) is 29.1 Å². The summed E-state index contributed by atoms with van der Waals surface area (Å²) in [6.45, 7) is 15.2. The number of aromatic nitrogens is 2. The number of fused-ring (bicyclic) bond motifs is 2. The number of phosphoric acid groups is 3. The summed E-state index contributed by atoms with van der Waals surface area (Å²) in [4.78, 5) is 122. The third-order valence-electron chi connectivity index (χ3n) is 17.2. The van der Waals surface area contributed by atoms with Crippen LogP contribution in [0.25, 0.3) is 0 Å². The van der Waals surface area contributed by atoms with Crippen molar-refractivity contribution in [2.75, 3.05) is 84.0 Å². The van der Waals surface area contributed by atoms with Crippen LogP contribution >= 0.6 is 23.5 Å². The predicted octanol–water partition coefficient (Wildman–Crippen LogP) is 2.23. The summed E-state index contributed by atoms with van der Waals surface area (Å²) >= 11 is 0. The molecule has 5 aromatic rings. The number of anilines is 1. The van der Waals surface area contributed by atoms with Gasteiger partial charge < -0.3 is 83.0 Å². The molecule has 1 aromatic heterocycles. The van der Waals surface area contributed by atoms with Gasteiger partial charge in [0.25, 0.3) is 37.2 Å². The molecule has 1 fully saturated rings. The van der Waals surface area contributed by atoms with Crippen LogP contribution in [0.4, 0.5) is 11.4 Å². The number of allylic oxidation sites excluding steroid dienone is 3. The van der Waals surface area contributed by atoms with Crippen LogP contribution in [0.15, 0.2) is 146 Å². The number of para-hydroxylation sites is 1. The highest BCUT2D eigenvalue weighted by atomic mass is 32.2. The molecule has 0 saturated carbocycles. The monoisotopic (exact) mass is 1550 g/mol. The molecule has 34 nitrogen and oxygen atoms in total. The van der Waals surface area contributed by atoms with E-state index in [-0.39, 0.29) is 98.2 Å². The lowest BCUT2D eigenvalue weighted by Gasteiger charge is -2.37. The van der Waals surface area contributed by atoms with E-state index in [0.29, 0.717) is 43.9 Å². The van der Waals surface area contributed by atoms with Gasteiger partial charge in [0.1, 0.15) is 66.8 Å². The number of nitrogens with one attached hydrogen (secondary N) is 5. The second kappa shape index (κ2) is 37.5. The number of phenols is 1. The molecule has 8 atom stereocenters. The number of rotatable bonds is 40. The summed E-state index contributed by atoms with van der Waals surface area (Å²) in [5, 5.41) is 17.8. The van der Waals surface area contributed by atoms with Gasteiger partial charge in [-0.3, -0.25) is 61.6 Å². The highest BCUT2D eigenvalue weighted by molar-refractivity contribution is 7.85. The smallest absolute Gasteiger partial charge is 0.330 e. The molecular formula is C68H83N9O25P3S-3. The molecular weight excluding hydrogens is 1470 g/mol. The fourth-order valence-corrected chi connectivity index (χ4v) is 15.6. The van der Waals surface area contributed by atoms with Gasteiger partial charge in [-0.25, -0.2) is 9.11 Å². The van der Waals surface area contributed by atoms with Gasteiger partial charge in [0.2, 0.25) is 11.8 Å². The van der Waals surface area contributed by atoms with Gasteiger partial charge in [0, 0.05) is 73.0 Å². The number of benzene rings is 4. The minimum Gasteiger partial charge on any atom is -0.790 e. The Morgan fingerprint density at radius 3 is 2.35 bits per heavy atom. The minimum absolute atomic E-state index is 0.0438. The Morgan fingerprint density at radius 1 is 0.858 bits per heavy atom. The van der Waals surface area contributed by atoms with Crippen LogP contribution in [0, 0.1) is 11.8 Å². The van der Waals surface area contributed by atoms with E-state index in [1.165, 1.54) is 34.3 Å². The largest absolute Gasteiger partial charge is 0.790 e. The van der Waals surface area contributed by atoms with Gasteiger partial charge in [-0.1, -0.05) is 62.5 Å². The second-order valence-corrected chi connectivity index (χ2v) is 31.1. The summed E-state index contributed by atoms with van der Waals surface area (Å²) in [6.07, 6.45) is 5.54. The number of amides is 3. The van der Waals surface area contributed by atoms with E-state index in [0.717, 1.165) is 40.7 Å². The first kappa shape index (κ1) is 83.3. The summed E-state index contributed by atoms with van der Waals surface area (Å²) in [5.74, 6) is 5.04. The normalized spacial score (nSPS) is 19.8. The molecule has 574 valence electrons. The van der Waals surface area contributed by atoms with Gasteiger partial charge in [-0.15, -0.1) is 0 Å². The first-order valence-corrected chi connectivity index (χ1v) is 39.1. The van der Waals surface area contributed by atoms with Crippen LogP contribution in [0.3, 0.4) is 0 Å². The number of phenolic OH excluding ortho intramolecular Hbond substituents is 1. The molecule has 4 aromatic carbocycles. The molecule has 1 saturated heterocycles. The lowest BCUT2D eigenvalue weighted by molar-refractivity contribution is -0.850. The number of unbranched alkanes of at least 4 members (excludes halogenated alkanes) is 2. The number of aliphatic imine (C=N–C) groups is 2. The first-order chi connectivity index (χ1) is 50.2. The van der Waals surface area contributed by atoms with Gasteiger partial charge in [0.05, 0.1) is 63.8 Å². The zero-order valence-corrected chi connectivity index (χ0v) is 61.8. The third-order valence-corrected chi connectivity index (χ3v) is 21.8. The molecule has 0 spiro atoms. The van der Waals surface area contributed by atoms with Gasteiger partial charge in [-0.2, -0.15) is 8.42 Å². The van der Waals surface area contributed by atoms with Gasteiger partial charge >= 0.3 is 5.69 Å². The van der Waals surface area contributed by atoms with Crippen LogP contribution in [0.2, 0.25) is 0 Å². The van der Waals surface area contributed by atoms with Crippen molar-refractivity contribution in [2.45, 2.75) is 113 Å². The molecule has 3 aliphatic rings. The Kier molecular flexibility index (Phi) is 29.4. The summed E-state index contributed by atoms with van der Waals surface area (Å²) < 4.78 is 115. The van der Waals surface area contributed by atoms with Gasteiger partial charge in [0.15, 0.2) is 6.23 Å². The SMILES string of the molecule is C=NCOC1CC(n2cc(C#CCNC(=O)COCCOC(COc3cccc(C(=O)NCCNC(=O)CCCCCN4C(=CC=CC5[NH+](CCCOc6ccc(O)cc6)c6ccccc6C5(C)C)C(C)(C)c5cc(S(=O)(=O)O)ccc54)c3)N=C)c(=O)[nH]c2=O)OC1COP(=O)([O-])OP(=O)([O-])OP(=O)([O-])[O-]. The average Bonchev–Trinajstić information content (AvgIpc) is 1.59. The van der Waals surface area contributed by atoms with E-state index in [1.807, 2.05) is 18.8 Å². The summed E-state index contributed by atoms with van der Waals surface area (Å²) in [6, 6.07) is 26.3. The fraction of sp³-hybridized carbons (Fsp3) is 0.426. The molecule has 0 aliphatic carbocycles. The summed E-state index contributed by atoms with van der Waals surface area (Å²) in [5.41, 5.74) is 2.24. The van der Waals surface area contributed by atoms with Crippen molar-refractivity contribution in [1.29, 1.82) is 0 Å². The number of nitrogens with zero attached hydrogens (tertiary/aromatic N) is 4. The average molecular weight is 1550 g/mol. The fourth-order valence-electron chi connectivity index (χ4n) is 12.2. The standard InChI is InChI=1S/C68H86N9O25P3S/c1-67(2)52-19-9-10-20-54(52)76(34-15-35-95-49-26-24-48(78)25-27-49)58(67)21-13-22-59-68(3,4)53-39-51(106(91,92)93)28-29-55(53)75(59)33-11-7-8-23-60(79)72-31-32-73-64(81)46-16-12-18-50(38-46)97-44-62(70-6)96-37-36-94-43-61(80)71-30-14-17-47-41-77(66(83)74-65(47)82)63-40-56(98-45-69-5)57(100-63)42-99-104(87,88)102-105(89,90)101-103(84,85)86/h9-10,12-13,16,18-22,24-29,38-39,41,56-58,62-63,78H,5-8,11,15,23,30-37,40,42-45H2,1-4H3,(H,71,80)(H,72,79)(H,73,81)(H,87,88)(H,89,90)(H,74,82,83)(H2,84,85,86)(H,91,92,93)/p-3. The molecule has 106 heavy (non-hydrogen) atoms. The molecule has 7 N–H and O–H groups in total. The number of hydrogen-bond acceptors (Lipinski definition) is 27. The van der Waals surface area contributed by atoms with E-state index < -0.39 is 99.9 Å². The van der Waals surface area contributed by atoms with E-state index in [1.54, 1.807) is 48.5 Å². The Morgan fingerprint density at radius 2 is 1.61 bits per heavy atom. The highest BCUT2D eigenvalue weighted by Gasteiger charge is 2.48. The van der Waals surface area contributed by atoms with Crippen LogP contribution in [-0.4, -0.2) is 162 Å². The van der Waals surface area contributed by atoms with Crippen LogP contribution < -0.4 is 66.0 Å². The number of carbonyl (C=O) groups is 3. The first-order valence-electron chi connectivity index (χ1n) is 33.3. The predicted molar refractivity (Wildman–Crippen MR) is 377 cm³/mol. The van der Waals surface area contributed by atoms with Crippen molar-refractivity contribution in [3.63, 3.8) is 0 Å². The minimum atomic E-state index is -6.26. The number of H-pyrrole nitrogens is 1. The maximum atomic E-state index is 13.1. The van der Waals surface area contributed by atoms with Crippen molar-refractivity contribution in [1.82, 2.24) is 25.5 Å². The molecule has 38 heteroatoms. The molecule has 0 bridgehead atoms. The molecule has 8 rings (SSSR count). The van der Waals surface area contributed by atoms with E-state index in [2.05, 4.69) is 126 Å². The van der Waals surface area contributed by atoms with E-state index in [9.17, 15) is 75.3 Å². The van der Waals surface area contributed by atoms with Crippen molar-refractivity contribution in [2.24, 2.45) is 9.98 Å². The second-order valence-electron chi connectivity index (χ2n) is 25.4. The highest BCUT2D eigenvalue weighted by Crippen LogP contribution is 2.60. The van der Waals surface area contributed by atoms with Crippen LogP contribution in [-0.2, 0) is 76.3 Å². The zero-order chi connectivity index (χ0) is 77.0. The van der Waals surface area contributed by atoms with E-state index >= 15 is 0 Å². The van der Waals surface area contributed by atoms with Crippen molar-refractivity contribution in [3.05, 3.63) is 164 Å². The number of aromatic amines is 1. The van der Waals surface area contributed by atoms with Crippen LogP contribution in [0.1, 0.15) is 99.5 Å². The maximum Gasteiger partial charge on any atom is 0.330 e. The molecule has 3 aliphatic heterocycles. The quantitative estimate of drug-likeness (QED) is 0.00972. The molecule has 4 heterocycles. The third kappa shape index (κ3) is 23.8. The number of hydrogen-bond donors (Lipinski definition) is 7. The number of carbonyl (C=O) groups excluding carboxylic acids is 3. The maximum absolute atomic E-state index is 13.1. The number of phosphoric ester groups is 1. The van der Waals surface area contributed by atoms with Crippen molar-refractivity contribution >= 4 is 76.1 Å². The topological polar surface area (TPSA) is 476 Å². The number of ether oxygens (including phenoxy) is 6. The molecule has 3 amide bonds. The number of quaternary nitrogens is 1. The lowest BCUT2D eigenvalue weighted by Crippen LogP contribution is -3.10. The van der Waals surface area contributed by atoms with Crippen LogP contribution in [0.5, 0.6) is 17.2 Å². The van der Waals surface area contributed by atoms with E-state index in [4.69, 9.17) is 28.4 Å². The number of aromatic hydroxyl groups is 1. The lowest BCUT2D eigenvalue weighted by atomic mass is 9.80. The van der Waals surface area contributed by atoms with Crippen molar-refractivity contribution < 1.29 is 112 Å². The molecule has 0 radical (unpaired) electrons. The Hall–Kier alpha value is -8.33. The molecule has 8 unspecified atom stereocenters. The Labute approximate surface area is 611 Å². The summed E-state index contributed by atoms with van der Waals surface area (Å²) in [7, 11) is -22.9. The Bertz CT molecular complexity index is 4480. The zero-order valence-electron chi connectivity index (χ0n) is 58.3. The Balaban J connectivity index is 0.724.